The molecule has 0 aromatic heterocycles. The number of anilines is 1. The van der Waals surface area contributed by atoms with Crippen molar-refractivity contribution in [3.05, 3.63) is 29.8 Å². The van der Waals surface area contributed by atoms with Gasteiger partial charge in [0, 0.05) is 24.0 Å². The molecule has 1 heterocycles. The number of alkyl halides is 1. The zero-order valence-corrected chi connectivity index (χ0v) is 11.6. The van der Waals surface area contributed by atoms with Crippen molar-refractivity contribution >= 4 is 33.5 Å². The Morgan fingerprint density at radius 2 is 2.33 bits per heavy atom. The molecular weight excluding hydrogens is 298 g/mol. The summed E-state index contributed by atoms with van der Waals surface area (Å²) in [6.45, 7) is 0.689. The van der Waals surface area contributed by atoms with Crippen molar-refractivity contribution in [1.82, 2.24) is 0 Å². The molecular formula is C13H14BrNO3. The molecule has 18 heavy (non-hydrogen) atoms. The molecule has 96 valence electrons. The molecule has 1 unspecified atom stereocenters. The van der Waals surface area contributed by atoms with E-state index in [0.717, 1.165) is 11.0 Å². The summed E-state index contributed by atoms with van der Waals surface area (Å²) in [6.07, 6.45) is 0.549. The number of hydrogen-bond acceptors (Lipinski definition) is 3. The highest BCUT2D eigenvalue weighted by atomic mass is 79.9. The lowest BCUT2D eigenvalue weighted by molar-refractivity contribution is -0.117. The molecule has 1 aliphatic rings. The summed E-state index contributed by atoms with van der Waals surface area (Å²) in [5.41, 5.74) is 1.22. The number of hydrogen-bond donors (Lipinski definition) is 0. The first-order valence-corrected chi connectivity index (χ1v) is 6.82. The van der Waals surface area contributed by atoms with Gasteiger partial charge in [-0.2, -0.15) is 0 Å². The molecule has 0 aliphatic carbocycles. The zero-order chi connectivity index (χ0) is 13.1. The normalized spacial score (nSPS) is 19.1. The fourth-order valence-corrected chi connectivity index (χ4v) is 2.49. The number of rotatable bonds is 3. The Balaban J connectivity index is 2.24. The van der Waals surface area contributed by atoms with E-state index in [1.165, 1.54) is 7.11 Å². The Morgan fingerprint density at radius 1 is 1.56 bits per heavy atom. The van der Waals surface area contributed by atoms with Gasteiger partial charge in [0.2, 0.25) is 5.91 Å². The number of halogens is 1. The highest BCUT2D eigenvalue weighted by Gasteiger charge is 2.30. The minimum absolute atomic E-state index is 0.0986. The number of carbonyl (C=O) groups is 2. The van der Waals surface area contributed by atoms with Crippen molar-refractivity contribution in [3.8, 4) is 0 Å². The predicted molar refractivity (Wildman–Crippen MR) is 72.0 cm³/mol. The van der Waals surface area contributed by atoms with Crippen molar-refractivity contribution in [1.29, 1.82) is 0 Å². The summed E-state index contributed by atoms with van der Waals surface area (Å²) in [6, 6.07) is 6.97. The maximum atomic E-state index is 11.9. The molecule has 5 heteroatoms. The second-order valence-electron chi connectivity index (χ2n) is 4.27. The predicted octanol–water partition coefficient (Wildman–Crippen LogP) is 2.22. The molecule has 0 bridgehead atoms. The lowest BCUT2D eigenvalue weighted by Crippen LogP contribution is -2.24. The molecule has 1 aliphatic heterocycles. The standard InChI is InChI=1S/C13H14BrNO3/c1-18-13(17)10-3-2-4-11(6-10)15-8-9(7-14)5-12(15)16/h2-4,6,9H,5,7-8H2,1H3. The van der Waals surface area contributed by atoms with Gasteiger partial charge in [-0.1, -0.05) is 22.0 Å². The fourth-order valence-electron chi connectivity index (χ4n) is 2.05. The first-order valence-electron chi connectivity index (χ1n) is 5.70. The third kappa shape index (κ3) is 2.56. The molecule has 2 rings (SSSR count). The van der Waals surface area contributed by atoms with Crippen LogP contribution in [-0.4, -0.2) is 30.9 Å². The number of esters is 1. The Kier molecular flexibility index (Phi) is 4.01. The van der Waals surface area contributed by atoms with Crippen LogP contribution in [0.3, 0.4) is 0 Å². The minimum Gasteiger partial charge on any atom is -0.465 e. The van der Waals surface area contributed by atoms with E-state index in [0.29, 0.717) is 24.4 Å². The van der Waals surface area contributed by atoms with E-state index >= 15 is 0 Å². The van der Waals surface area contributed by atoms with Crippen molar-refractivity contribution in [3.63, 3.8) is 0 Å². The van der Waals surface area contributed by atoms with Gasteiger partial charge in [0.25, 0.3) is 0 Å². The van der Waals surface area contributed by atoms with E-state index in [1.807, 2.05) is 6.07 Å². The second-order valence-corrected chi connectivity index (χ2v) is 4.92. The van der Waals surface area contributed by atoms with Gasteiger partial charge >= 0.3 is 5.97 Å². The molecule has 1 aromatic rings. The van der Waals surface area contributed by atoms with Crippen LogP contribution in [0.5, 0.6) is 0 Å². The van der Waals surface area contributed by atoms with Gasteiger partial charge in [0.1, 0.15) is 0 Å². The van der Waals surface area contributed by atoms with E-state index in [4.69, 9.17) is 0 Å². The van der Waals surface area contributed by atoms with E-state index in [1.54, 1.807) is 23.1 Å². The van der Waals surface area contributed by atoms with E-state index in [2.05, 4.69) is 20.7 Å². The molecule has 1 aromatic carbocycles. The highest BCUT2D eigenvalue weighted by molar-refractivity contribution is 9.09. The Bertz CT molecular complexity index is 475. The average Bonchev–Trinajstić information content (AvgIpc) is 2.79. The maximum absolute atomic E-state index is 11.9. The molecule has 1 saturated heterocycles. The highest BCUT2D eigenvalue weighted by Crippen LogP contribution is 2.26. The number of nitrogens with zero attached hydrogens (tertiary/aromatic N) is 1. The summed E-state index contributed by atoms with van der Waals surface area (Å²) in [5, 5.41) is 0.811. The van der Waals surface area contributed by atoms with Crippen LogP contribution >= 0.6 is 15.9 Å². The largest absolute Gasteiger partial charge is 0.465 e. The summed E-state index contributed by atoms with van der Waals surface area (Å²) in [7, 11) is 1.34. The summed E-state index contributed by atoms with van der Waals surface area (Å²) < 4.78 is 4.67. The van der Waals surface area contributed by atoms with Crippen LogP contribution in [-0.2, 0) is 9.53 Å². The third-order valence-electron chi connectivity index (χ3n) is 3.00. The first-order chi connectivity index (χ1) is 8.65. The number of methoxy groups -OCH3 is 1. The first kappa shape index (κ1) is 13.1. The monoisotopic (exact) mass is 311 g/mol. The smallest absolute Gasteiger partial charge is 0.337 e. The molecule has 0 spiro atoms. The molecule has 0 saturated carbocycles. The molecule has 1 amide bonds. The van der Waals surface area contributed by atoms with Crippen LogP contribution in [0.4, 0.5) is 5.69 Å². The van der Waals surface area contributed by atoms with Crippen molar-refractivity contribution < 1.29 is 14.3 Å². The summed E-state index contributed by atoms with van der Waals surface area (Å²) in [4.78, 5) is 25.1. The van der Waals surface area contributed by atoms with Gasteiger partial charge in [-0.3, -0.25) is 4.79 Å². The van der Waals surface area contributed by atoms with Crippen molar-refractivity contribution in [2.24, 2.45) is 5.92 Å². The summed E-state index contributed by atoms with van der Waals surface area (Å²) in [5.74, 6) is 0.0429. The minimum atomic E-state index is -0.388. The second kappa shape index (κ2) is 5.52. The average molecular weight is 312 g/mol. The van der Waals surface area contributed by atoms with E-state index < -0.39 is 0 Å². The van der Waals surface area contributed by atoms with Crippen LogP contribution in [0.25, 0.3) is 0 Å². The molecule has 0 radical (unpaired) electrons. The quantitative estimate of drug-likeness (QED) is 0.635. The van der Waals surface area contributed by atoms with Crippen LogP contribution in [0.15, 0.2) is 24.3 Å². The van der Waals surface area contributed by atoms with Crippen molar-refractivity contribution in [2.45, 2.75) is 6.42 Å². The van der Waals surface area contributed by atoms with Gasteiger partial charge in [0.05, 0.1) is 12.7 Å². The van der Waals surface area contributed by atoms with Gasteiger partial charge in [-0.15, -0.1) is 0 Å². The summed E-state index contributed by atoms with van der Waals surface area (Å²) >= 11 is 3.40. The lowest BCUT2D eigenvalue weighted by Gasteiger charge is -2.17. The van der Waals surface area contributed by atoms with Gasteiger partial charge in [-0.05, 0) is 24.1 Å². The number of amides is 1. The fraction of sp³-hybridized carbons (Fsp3) is 0.385. The maximum Gasteiger partial charge on any atom is 0.337 e. The number of ether oxygens (including phenoxy) is 1. The Labute approximate surface area is 114 Å². The Morgan fingerprint density at radius 3 is 2.94 bits per heavy atom. The van der Waals surface area contributed by atoms with E-state index in [-0.39, 0.29) is 11.9 Å². The molecule has 4 nitrogen and oxygen atoms in total. The van der Waals surface area contributed by atoms with Crippen molar-refractivity contribution in [2.75, 3.05) is 23.9 Å². The lowest BCUT2D eigenvalue weighted by atomic mass is 10.1. The molecule has 1 fully saturated rings. The SMILES string of the molecule is COC(=O)c1cccc(N2CC(CBr)CC2=O)c1. The van der Waals surface area contributed by atoms with Gasteiger partial charge < -0.3 is 9.64 Å². The molecule has 1 atom stereocenters. The van der Waals surface area contributed by atoms with Gasteiger partial charge in [0.15, 0.2) is 0 Å². The topological polar surface area (TPSA) is 46.6 Å². The molecule has 0 N–H and O–H groups in total. The third-order valence-corrected chi connectivity index (χ3v) is 3.92. The zero-order valence-electron chi connectivity index (χ0n) is 10.1. The van der Waals surface area contributed by atoms with Gasteiger partial charge in [-0.25, -0.2) is 4.79 Å². The van der Waals surface area contributed by atoms with Crippen LogP contribution in [0, 0.1) is 5.92 Å². The number of benzene rings is 1. The Hall–Kier alpha value is -1.36. The van der Waals surface area contributed by atoms with Crippen LogP contribution in [0.1, 0.15) is 16.8 Å². The van der Waals surface area contributed by atoms with Crippen LogP contribution < -0.4 is 4.90 Å². The van der Waals surface area contributed by atoms with E-state index in [9.17, 15) is 9.59 Å². The van der Waals surface area contributed by atoms with Crippen LogP contribution in [0.2, 0.25) is 0 Å². The number of carbonyl (C=O) groups excluding carboxylic acids is 2.